The fourth-order valence-electron chi connectivity index (χ4n) is 4.97. The molecule has 0 bridgehead atoms. The Morgan fingerprint density at radius 3 is 2.31 bits per heavy atom. The number of nitrogens with zero attached hydrogens (tertiary/aromatic N) is 3. The van der Waals surface area contributed by atoms with E-state index in [2.05, 4.69) is 0 Å². The quantitative estimate of drug-likeness (QED) is 0.693. The van der Waals surface area contributed by atoms with Gasteiger partial charge in [-0.1, -0.05) is 18.2 Å². The Labute approximate surface area is 190 Å². The first kappa shape index (κ1) is 22.0. The fourth-order valence-corrected chi connectivity index (χ4v) is 5.66. The zero-order valence-electron chi connectivity index (χ0n) is 18.3. The third-order valence-electron chi connectivity index (χ3n) is 6.65. The van der Waals surface area contributed by atoms with Gasteiger partial charge in [0, 0.05) is 31.7 Å². The summed E-state index contributed by atoms with van der Waals surface area (Å²) in [6.07, 6.45) is 0.00444. The van der Waals surface area contributed by atoms with Gasteiger partial charge >= 0.3 is 5.97 Å². The molecule has 4 rings (SSSR count). The summed E-state index contributed by atoms with van der Waals surface area (Å²) in [7, 11) is 5.16. The van der Waals surface area contributed by atoms with Crippen molar-refractivity contribution < 1.29 is 24.3 Å². The lowest BCUT2D eigenvalue weighted by Gasteiger charge is -2.38. The van der Waals surface area contributed by atoms with E-state index in [0.29, 0.717) is 5.56 Å². The Bertz CT molecular complexity index is 1080. The number of benzene rings is 1. The van der Waals surface area contributed by atoms with Gasteiger partial charge in [0.1, 0.15) is 0 Å². The van der Waals surface area contributed by atoms with Crippen LogP contribution in [0.15, 0.2) is 41.8 Å². The van der Waals surface area contributed by atoms with Gasteiger partial charge in [-0.25, -0.2) is 4.79 Å². The second kappa shape index (κ2) is 7.74. The highest BCUT2D eigenvalue weighted by atomic mass is 32.1. The number of fused-ring (bicyclic) bond motifs is 1. The summed E-state index contributed by atoms with van der Waals surface area (Å²) in [4.78, 5) is 57.2. The van der Waals surface area contributed by atoms with Crippen LogP contribution in [0.1, 0.15) is 23.4 Å². The van der Waals surface area contributed by atoms with Crippen molar-refractivity contribution in [1.82, 2.24) is 9.80 Å². The Morgan fingerprint density at radius 2 is 1.78 bits per heavy atom. The molecule has 8 nitrogen and oxygen atoms in total. The zero-order chi connectivity index (χ0) is 23.4. The summed E-state index contributed by atoms with van der Waals surface area (Å²) < 4.78 is 0. The molecule has 0 spiro atoms. The van der Waals surface area contributed by atoms with E-state index in [1.54, 1.807) is 12.1 Å². The summed E-state index contributed by atoms with van der Waals surface area (Å²) in [6.45, 7) is 1.39. The van der Waals surface area contributed by atoms with Gasteiger partial charge in [0.05, 0.1) is 24.3 Å². The van der Waals surface area contributed by atoms with Gasteiger partial charge in [-0.3, -0.25) is 19.3 Å². The standard InChI is InChI=1S/C23H25N3O5S/c1-23(22(30)31)18-17(20(28)25(4)21(18)29)19(13-7-9-14(10-8-13)24(2)3)26(23)16(27)12-15-6-5-11-32-15/h5-11,17-19H,12H2,1-4H3,(H,30,31). The molecule has 2 aliphatic rings. The molecule has 4 unspecified atom stereocenters. The van der Waals surface area contributed by atoms with Crippen LogP contribution in [0.2, 0.25) is 0 Å². The van der Waals surface area contributed by atoms with E-state index in [-0.39, 0.29) is 6.42 Å². The highest BCUT2D eigenvalue weighted by Crippen LogP contribution is 2.55. The van der Waals surface area contributed by atoms with Crippen LogP contribution in [0.4, 0.5) is 5.69 Å². The molecular formula is C23H25N3O5S. The number of rotatable bonds is 5. The minimum absolute atomic E-state index is 0.00444. The number of amides is 3. The van der Waals surface area contributed by atoms with E-state index in [1.807, 2.05) is 48.6 Å². The van der Waals surface area contributed by atoms with Crippen molar-refractivity contribution in [2.75, 3.05) is 26.0 Å². The number of aliphatic carboxylic acids is 1. The van der Waals surface area contributed by atoms with Crippen LogP contribution < -0.4 is 4.90 Å². The van der Waals surface area contributed by atoms with Gasteiger partial charge in [0.2, 0.25) is 17.7 Å². The summed E-state index contributed by atoms with van der Waals surface area (Å²) in [5, 5.41) is 12.1. The Balaban J connectivity index is 1.87. The lowest BCUT2D eigenvalue weighted by atomic mass is 9.80. The number of hydrogen-bond donors (Lipinski definition) is 1. The van der Waals surface area contributed by atoms with Crippen molar-refractivity contribution in [3.63, 3.8) is 0 Å². The number of thiophene rings is 1. The lowest BCUT2D eigenvalue weighted by Crippen LogP contribution is -2.57. The third kappa shape index (κ3) is 3.10. The Hall–Kier alpha value is -3.20. The Morgan fingerprint density at radius 1 is 1.12 bits per heavy atom. The second-order valence-electron chi connectivity index (χ2n) is 8.64. The topological polar surface area (TPSA) is 98.2 Å². The molecule has 0 saturated carbocycles. The average molecular weight is 456 g/mol. The summed E-state index contributed by atoms with van der Waals surface area (Å²) in [6, 6.07) is 10.1. The minimum atomic E-state index is -1.85. The van der Waals surface area contributed by atoms with Crippen LogP contribution in [0, 0.1) is 11.8 Å². The molecule has 2 fully saturated rings. The monoisotopic (exact) mass is 455 g/mol. The number of imide groups is 1. The third-order valence-corrected chi connectivity index (χ3v) is 7.53. The number of carboxylic acid groups (broad SMARTS) is 1. The number of carbonyl (C=O) groups is 4. The van der Waals surface area contributed by atoms with Gasteiger partial charge < -0.3 is 14.9 Å². The van der Waals surface area contributed by atoms with Crippen molar-refractivity contribution in [2.45, 2.75) is 24.9 Å². The van der Waals surface area contributed by atoms with Crippen LogP contribution in [0.25, 0.3) is 0 Å². The molecule has 1 aromatic carbocycles. The number of likely N-dealkylation sites (tertiary alicyclic amines) is 2. The van der Waals surface area contributed by atoms with Gasteiger partial charge in [-0.05, 0) is 36.1 Å². The molecule has 1 N–H and O–H groups in total. The summed E-state index contributed by atoms with van der Waals surface area (Å²) in [5.41, 5.74) is -0.292. The van der Waals surface area contributed by atoms with Crippen molar-refractivity contribution in [2.24, 2.45) is 11.8 Å². The second-order valence-corrected chi connectivity index (χ2v) is 9.67. The smallest absolute Gasteiger partial charge is 0.330 e. The number of carboxylic acids is 1. The van der Waals surface area contributed by atoms with Gasteiger partial charge in [-0.15, -0.1) is 11.3 Å². The van der Waals surface area contributed by atoms with Crippen LogP contribution in [0.3, 0.4) is 0 Å². The minimum Gasteiger partial charge on any atom is -0.479 e. The molecule has 2 saturated heterocycles. The predicted octanol–water partition coefficient (Wildman–Crippen LogP) is 2.01. The molecule has 2 aliphatic heterocycles. The molecule has 3 amide bonds. The summed E-state index contributed by atoms with van der Waals surface area (Å²) in [5.74, 6) is -4.84. The van der Waals surface area contributed by atoms with Gasteiger partial charge in [-0.2, -0.15) is 0 Å². The van der Waals surface area contributed by atoms with E-state index < -0.39 is 47.1 Å². The zero-order valence-corrected chi connectivity index (χ0v) is 19.1. The predicted molar refractivity (Wildman–Crippen MR) is 119 cm³/mol. The lowest BCUT2D eigenvalue weighted by molar-refractivity contribution is -0.162. The number of anilines is 1. The first-order chi connectivity index (χ1) is 15.1. The molecular weight excluding hydrogens is 430 g/mol. The maximum absolute atomic E-state index is 13.5. The van der Waals surface area contributed by atoms with Gasteiger partial charge in [0.25, 0.3) is 0 Å². The molecule has 9 heteroatoms. The number of carbonyl (C=O) groups excluding carboxylic acids is 3. The molecule has 32 heavy (non-hydrogen) atoms. The first-order valence-electron chi connectivity index (χ1n) is 10.3. The van der Waals surface area contributed by atoms with Crippen molar-refractivity contribution in [1.29, 1.82) is 0 Å². The van der Waals surface area contributed by atoms with Crippen molar-refractivity contribution >= 4 is 40.7 Å². The average Bonchev–Trinajstić information content (AvgIpc) is 3.41. The molecule has 3 heterocycles. The highest BCUT2D eigenvalue weighted by Gasteiger charge is 2.70. The first-order valence-corrected chi connectivity index (χ1v) is 11.1. The van der Waals surface area contributed by atoms with E-state index in [4.69, 9.17) is 0 Å². The Kier molecular flexibility index (Phi) is 5.32. The molecule has 1 aromatic heterocycles. The van der Waals surface area contributed by atoms with E-state index in [9.17, 15) is 24.3 Å². The molecule has 168 valence electrons. The maximum atomic E-state index is 13.5. The normalized spacial score (nSPS) is 27.1. The van der Waals surface area contributed by atoms with Crippen molar-refractivity contribution in [3.8, 4) is 0 Å². The highest BCUT2D eigenvalue weighted by molar-refractivity contribution is 7.10. The SMILES string of the molecule is CN1C(=O)C2C(c3ccc(N(C)C)cc3)N(C(=O)Cc3cccs3)C(C)(C(=O)O)C2C1=O. The number of hydrogen-bond acceptors (Lipinski definition) is 6. The van der Waals surface area contributed by atoms with Crippen molar-refractivity contribution in [3.05, 3.63) is 52.2 Å². The molecule has 0 radical (unpaired) electrons. The van der Waals surface area contributed by atoms with Crippen LogP contribution >= 0.6 is 11.3 Å². The maximum Gasteiger partial charge on any atom is 0.330 e. The van der Waals surface area contributed by atoms with Crippen LogP contribution in [0.5, 0.6) is 0 Å². The van der Waals surface area contributed by atoms with E-state index in [1.165, 1.54) is 30.2 Å². The van der Waals surface area contributed by atoms with Crippen LogP contribution in [-0.4, -0.2) is 65.3 Å². The van der Waals surface area contributed by atoms with Crippen LogP contribution in [-0.2, 0) is 25.6 Å². The van der Waals surface area contributed by atoms with E-state index in [0.717, 1.165) is 15.5 Å². The fraction of sp³-hybridized carbons (Fsp3) is 0.391. The largest absolute Gasteiger partial charge is 0.479 e. The van der Waals surface area contributed by atoms with Gasteiger partial charge in [0.15, 0.2) is 5.54 Å². The van der Waals surface area contributed by atoms with E-state index >= 15 is 0 Å². The summed E-state index contributed by atoms with van der Waals surface area (Å²) >= 11 is 1.40. The molecule has 2 aromatic rings. The molecule has 4 atom stereocenters. The molecule has 0 aliphatic carbocycles.